The van der Waals surface area contributed by atoms with Crippen LogP contribution in [-0.2, 0) is 0 Å². The van der Waals surface area contributed by atoms with Crippen LogP contribution in [0.4, 0.5) is 4.39 Å². The van der Waals surface area contributed by atoms with Crippen molar-refractivity contribution in [2.75, 3.05) is 0 Å². The first-order valence-electron chi connectivity index (χ1n) is 3.87. The lowest BCUT2D eigenvalue weighted by Crippen LogP contribution is -2.37. The molecule has 0 aliphatic rings. The second-order valence-electron chi connectivity index (χ2n) is 3.88. The molecule has 3 heteroatoms. The van der Waals surface area contributed by atoms with Gasteiger partial charge >= 0.3 is 0 Å². The highest BCUT2D eigenvalue weighted by atomic mass is 35.5. The summed E-state index contributed by atoms with van der Waals surface area (Å²) in [6.07, 6.45) is 0. The summed E-state index contributed by atoms with van der Waals surface area (Å²) >= 11 is 5.67. The highest BCUT2D eigenvalue weighted by Crippen LogP contribution is 2.13. The molecule has 66 valence electrons. The molecular formula is C9H12ClFSi. The molecule has 0 saturated heterocycles. The van der Waals surface area contributed by atoms with E-state index in [1.54, 1.807) is 6.07 Å². The van der Waals surface area contributed by atoms with Gasteiger partial charge in [0, 0.05) is 0 Å². The number of benzene rings is 1. The van der Waals surface area contributed by atoms with Gasteiger partial charge in [-0.15, -0.1) is 0 Å². The van der Waals surface area contributed by atoms with Crippen molar-refractivity contribution in [3.05, 3.63) is 29.0 Å². The van der Waals surface area contributed by atoms with E-state index in [1.165, 1.54) is 11.3 Å². The van der Waals surface area contributed by atoms with Crippen molar-refractivity contribution in [3.8, 4) is 0 Å². The molecule has 0 unspecified atom stereocenters. The molecule has 0 aliphatic heterocycles. The van der Waals surface area contributed by atoms with Crippen molar-refractivity contribution in [2.45, 2.75) is 19.6 Å². The fraction of sp³-hybridized carbons (Fsp3) is 0.333. The molecule has 0 N–H and O–H groups in total. The van der Waals surface area contributed by atoms with E-state index in [1.807, 2.05) is 6.07 Å². The Morgan fingerprint density at radius 3 is 2.25 bits per heavy atom. The van der Waals surface area contributed by atoms with Gasteiger partial charge in [-0.3, -0.25) is 0 Å². The zero-order chi connectivity index (χ0) is 9.35. The summed E-state index contributed by atoms with van der Waals surface area (Å²) in [6, 6.07) is 5.01. The summed E-state index contributed by atoms with van der Waals surface area (Å²) < 4.78 is 12.8. The molecule has 0 fully saturated rings. The molecule has 0 aromatic heterocycles. The van der Waals surface area contributed by atoms with Crippen LogP contribution in [0.3, 0.4) is 0 Å². The quantitative estimate of drug-likeness (QED) is 0.615. The van der Waals surface area contributed by atoms with Crippen LogP contribution in [0, 0.1) is 5.82 Å². The minimum atomic E-state index is -1.34. The number of hydrogen-bond donors (Lipinski definition) is 0. The average molecular weight is 203 g/mol. The van der Waals surface area contributed by atoms with E-state index in [-0.39, 0.29) is 10.8 Å². The maximum atomic E-state index is 12.8. The lowest BCUT2D eigenvalue weighted by molar-refractivity contribution is 0.628. The molecular weight excluding hydrogens is 191 g/mol. The lowest BCUT2D eigenvalue weighted by Gasteiger charge is -2.16. The molecule has 12 heavy (non-hydrogen) atoms. The van der Waals surface area contributed by atoms with Gasteiger partial charge in [-0.05, 0) is 12.1 Å². The fourth-order valence-electron chi connectivity index (χ4n) is 0.963. The van der Waals surface area contributed by atoms with Crippen molar-refractivity contribution in [1.29, 1.82) is 0 Å². The summed E-state index contributed by atoms with van der Waals surface area (Å²) in [6.45, 7) is 6.61. The van der Waals surface area contributed by atoms with Crippen molar-refractivity contribution >= 4 is 24.9 Å². The van der Waals surface area contributed by atoms with Crippen LogP contribution in [0.15, 0.2) is 18.2 Å². The smallest absolute Gasteiger partial charge is 0.141 e. The summed E-state index contributed by atoms with van der Waals surface area (Å²) in [7, 11) is -1.34. The topological polar surface area (TPSA) is 0 Å². The highest BCUT2D eigenvalue weighted by molar-refractivity contribution is 6.88. The zero-order valence-electron chi connectivity index (χ0n) is 7.49. The Bertz CT molecular complexity index is 291. The third-order valence-electron chi connectivity index (χ3n) is 1.79. The SMILES string of the molecule is C[Si](C)(C)c1ccc(F)c(Cl)c1. The van der Waals surface area contributed by atoms with Gasteiger partial charge in [0.2, 0.25) is 0 Å². The average Bonchev–Trinajstić information content (AvgIpc) is 1.92. The first kappa shape index (κ1) is 9.74. The highest BCUT2D eigenvalue weighted by Gasteiger charge is 2.17. The van der Waals surface area contributed by atoms with Crippen LogP contribution in [0.1, 0.15) is 0 Å². The minimum absolute atomic E-state index is 0.231. The molecule has 1 aromatic rings. The molecule has 0 amide bonds. The molecule has 1 aromatic carbocycles. The maximum Gasteiger partial charge on any atom is 0.141 e. The van der Waals surface area contributed by atoms with Crippen molar-refractivity contribution in [1.82, 2.24) is 0 Å². The monoisotopic (exact) mass is 202 g/mol. The predicted molar refractivity (Wildman–Crippen MR) is 54.4 cm³/mol. The van der Waals surface area contributed by atoms with Gasteiger partial charge < -0.3 is 0 Å². The third kappa shape index (κ3) is 2.08. The van der Waals surface area contributed by atoms with Crippen LogP contribution in [0.2, 0.25) is 24.7 Å². The van der Waals surface area contributed by atoms with Gasteiger partial charge in [-0.2, -0.15) is 0 Å². The Kier molecular flexibility index (Phi) is 2.59. The first-order chi connectivity index (χ1) is 5.41. The number of halogens is 2. The Hall–Kier alpha value is -0.343. The Labute approximate surface area is 78.4 Å². The van der Waals surface area contributed by atoms with E-state index in [0.717, 1.165) is 0 Å². The summed E-state index contributed by atoms with van der Waals surface area (Å²) in [4.78, 5) is 0. The molecule has 0 heterocycles. The van der Waals surface area contributed by atoms with Gasteiger partial charge in [-0.25, -0.2) is 4.39 Å². The number of hydrogen-bond acceptors (Lipinski definition) is 0. The van der Waals surface area contributed by atoms with Crippen molar-refractivity contribution < 1.29 is 4.39 Å². The van der Waals surface area contributed by atoms with Gasteiger partial charge in [0.05, 0.1) is 13.1 Å². The van der Waals surface area contributed by atoms with Gasteiger partial charge in [-0.1, -0.05) is 42.5 Å². The van der Waals surface area contributed by atoms with Gasteiger partial charge in [0.15, 0.2) is 0 Å². The normalized spacial score (nSPS) is 11.8. The van der Waals surface area contributed by atoms with Crippen LogP contribution in [-0.4, -0.2) is 8.07 Å². The van der Waals surface area contributed by atoms with Crippen LogP contribution >= 0.6 is 11.6 Å². The maximum absolute atomic E-state index is 12.8. The largest absolute Gasteiger partial charge is 0.205 e. The van der Waals surface area contributed by atoms with Crippen molar-refractivity contribution in [3.63, 3.8) is 0 Å². The predicted octanol–water partition coefficient (Wildman–Crippen LogP) is 3.02. The van der Waals surface area contributed by atoms with E-state index in [4.69, 9.17) is 11.6 Å². The molecule has 0 saturated carbocycles. The van der Waals surface area contributed by atoms with E-state index in [9.17, 15) is 4.39 Å². The molecule has 0 atom stereocenters. The van der Waals surface area contributed by atoms with Crippen LogP contribution in [0.5, 0.6) is 0 Å². The lowest BCUT2D eigenvalue weighted by atomic mass is 10.3. The van der Waals surface area contributed by atoms with Crippen LogP contribution in [0.25, 0.3) is 0 Å². The fourth-order valence-corrected chi connectivity index (χ4v) is 2.40. The van der Waals surface area contributed by atoms with Gasteiger partial charge in [0.25, 0.3) is 0 Å². The summed E-state index contributed by atoms with van der Waals surface area (Å²) in [5.41, 5.74) is 0. The zero-order valence-corrected chi connectivity index (χ0v) is 9.24. The molecule has 0 bridgehead atoms. The molecule has 0 aliphatic carbocycles. The summed E-state index contributed by atoms with van der Waals surface area (Å²) in [5.74, 6) is -0.335. The van der Waals surface area contributed by atoms with Crippen LogP contribution < -0.4 is 5.19 Å². The minimum Gasteiger partial charge on any atom is -0.205 e. The van der Waals surface area contributed by atoms with E-state index in [0.29, 0.717) is 0 Å². The van der Waals surface area contributed by atoms with Gasteiger partial charge in [0.1, 0.15) is 5.82 Å². The standard InChI is InChI=1S/C9H12ClFSi/c1-12(2,3)7-4-5-9(11)8(10)6-7/h4-6H,1-3H3. The second-order valence-corrected chi connectivity index (χ2v) is 9.36. The molecule has 1 rings (SSSR count). The first-order valence-corrected chi connectivity index (χ1v) is 7.74. The molecule has 0 nitrogen and oxygen atoms in total. The third-order valence-corrected chi connectivity index (χ3v) is 4.12. The number of rotatable bonds is 1. The van der Waals surface area contributed by atoms with Crippen molar-refractivity contribution in [2.24, 2.45) is 0 Å². The van der Waals surface area contributed by atoms with E-state index in [2.05, 4.69) is 19.6 Å². The Balaban J connectivity index is 3.14. The molecule has 0 spiro atoms. The Morgan fingerprint density at radius 1 is 1.25 bits per heavy atom. The second kappa shape index (κ2) is 3.19. The van der Waals surface area contributed by atoms with E-state index >= 15 is 0 Å². The molecule has 0 radical (unpaired) electrons. The summed E-state index contributed by atoms with van der Waals surface area (Å²) in [5, 5.41) is 1.42. The van der Waals surface area contributed by atoms with E-state index < -0.39 is 8.07 Å². The Morgan fingerprint density at radius 2 is 1.83 bits per heavy atom.